The van der Waals surface area contributed by atoms with Crippen LogP contribution < -0.4 is 0 Å². The standard InChI is InChI=1S/C17H23ClO5/c1-3-4-10-21-17(20)22-11-6-7-13(2)23-16(19)14-8-5-9-15(18)12-14/h5,8-9,12-13H,3-4,6-7,10-11H2,1-2H3. The molecular formula is C17H23ClO5. The molecule has 0 aliphatic carbocycles. The van der Waals surface area contributed by atoms with E-state index in [9.17, 15) is 9.59 Å². The third kappa shape index (κ3) is 8.45. The van der Waals surface area contributed by atoms with Gasteiger partial charge >= 0.3 is 12.1 Å². The molecule has 0 saturated heterocycles. The van der Waals surface area contributed by atoms with Crippen molar-refractivity contribution in [2.45, 2.75) is 45.6 Å². The Morgan fingerprint density at radius 3 is 2.52 bits per heavy atom. The lowest BCUT2D eigenvalue weighted by molar-refractivity contribution is 0.0270. The molecule has 0 aromatic heterocycles. The molecule has 1 rings (SSSR count). The Bertz CT molecular complexity index is 504. The summed E-state index contributed by atoms with van der Waals surface area (Å²) < 4.78 is 15.1. The topological polar surface area (TPSA) is 61.8 Å². The van der Waals surface area contributed by atoms with Crippen LogP contribution in [0.3, 0.4) is 0 Å². The number of hydrogen-bond donors (Lipinski definition) is 0. The summed E-state index contributed by atoms with van der Waals surface area (Å²) in [7, 11) is 0. The van der Waals surface area contributed by atoms with E-state index in [0.717, 1.165) is 12.8 Å². The lowest BCUT2D eigenvalue weighted by atomic mass is 10.2. The van der Waals surface area contributed by atoms with Crippen molar-refractivity contribution >= 4 is 23.7 Å². The molecule has 0 aliphatic heterocycles. The van der Waals surface area contributed by atoms with Crippen molar-refractivity contribution in [1.82, 2.24) is 0 Å². The summed E-state index contributed by atoms with van der Waals surface area (Å²) in [5.74, 6) is -0.417. The van der Waals surface area contributed by atoms with Crippen LogP contribution in [-0.2, 0) is 14.2 Å². The van der Waals surface area contributed by atoms with Crippen LogP contribution in [0.4, 0.5) is 4.79 Å². The van der Waals surface area contributed by atoms with Crippen molar-refractivity contribution in [1.29, 1.82) is 0 Å². The number of esters is 1. The Labute approximate surface area is 141 Å². The second kappa shape index (κ2) is 10.9. The maximum absolute atomic E-state index is 11.9. The Morgan fingerprint density at radius 2 is 1.87 bits per heavy atom. The number of ether oxygens (including phenoxy) is 3. The van der Waals surface area contributed by atoms with Gasteiger partial charge in [-0.15, -0.1) is 0 Å². The molecule has 23 heavy (non-hydrogen) atoms. The smallest absolute Gasteiger partial charge is 0.459 e. The molecule has 5 nitrogen and oxygen atoms in total. The van der Waals surface area contributed by atoms with Gasteiger partial charge in [0.2, 0.25) is 0 Å². The summed E-state index contributed by atoms with van der Waals surface area (Å²) >= 11 is 5.83. The largest absolute Gasteiger partial charge is 0.508 e. The lowest BCUT2D eigenvalue weighted by Gasteiger charge is -2.13. The van der Waals surface area contributed by atoms with Crippen LogP contribution in [0, 0.1) is 0 Å². The first kappa shape index (κ1) is 19.3. The maximum atomic E-state index is 11.9. The second-order valence-corrected chi connectivity index (χ2v) is 5.61. The average Bonchev–Trinajstić information content (AvgIpc) is 2.52. The van der Waals surface area contributed by atoms with Gasteiger partial charge < -0.3 is 14.2 Å². The predicted molar refractivity (Wildman–Crippen MR) is 87.8 cm³/mol. The molecule has 0 aliphatic rings. The van der Waals surface area contributed by atoms with E-state index in [2.05, 4.69) is 0 Å². The molecule has 1 unspecified atom stereocenters. The number of rotatable bonds is 9. The van der Waals surface area contributed by atoms with E-state index >= 15 is 0 Å². The number of carbonyl (C=O) groups excluding carboxylic acids is 2. The Balaban J connectivity index is 2.18. The SMILES string of the molecule is CCCCOC(=O)OCCCC(C)OC(=O)c1cccc(Cl)c1. The third-order valence-electron chi connectivity index (χ3n) is 3.06. The van der Waals surface area contributed by atoms with Gasteiger partial charge in [0.1, 0.15) is 0 Å². The Morgan fingerprint density at radius 1 is 1.17 bits per heavy atom. The first-order valence-corrected chi connectivity index (χ1v) is 8.16. The first-order valence-electron chi connectivity index (χ1n) is 7.79. The van der Waals surface area contributed by atoms with Gasteiger partial charge in [0.05, 0.1) is 24.9 Å². The minimum absolute atomic E-state index is 0.240. The van der Waals surface area contributed by atoms with Crippen LogP contribution in [0.2, 0.25) is 5.02 Å². The molecule has 0 saturated carbocycles. The molecule has 0 N–H and O–H groups in total. The van der Waals surface area contributed by atoms with Crippen LogP contribution in [-0.4, -0.2) is 31.4 Å². The highest BCUT2D eigenvalue weighted by Gasteiger charge is 2.12. The van der Waals surface area contributed by atoms with Crippen LogP contribution in [0.15, 0.2) is 24.3 Å². The van der Waals surface area contributed by atoms with Crippen LogP contribution in [0.25, 0.3) is 0 Å². The molecule has 6 heteroatoms. The van der Waals surface area contributed by atoms with Crippen LogP contribution in [0.5, 0.6) is 0 Å². The van der Waals surface area contributed by atoms with E-state index in [-0.39, 0.29) is 12.7 Å². The van der Waals surface area contributed by atoms with Crippen LogP contribution >= 0.6 is 11.6 Å². The molecule has 0 bridgehead atoms. The molecule has 0 fully saturated rings. The minimum atomic E-state index is -0.651. The van der Waals surface area contributed by atoms with Gasteiger partial charge in [-0.05, 0) is 44.4 Å². The van der Waals surface area contributed by atoms with E-state index in [4.69, 9.17) is 25.8 Å². The summed E-state index contributed by atoms with van der Waals surface area (Å²) in [5.41, 5.74) is 0.417. The quantitative estimate of drug-likeness (QED) is 0.484. The van der Waals surface area contributed by atoms with E-state index in [0.29, 0.717) is 30.0 Å². The van der Waals surface area contributed by atoms with E-state index in [1.807, 2.05) is 6.92 Å². The lowest BCUT2D eigenvalue weighted by Crippen LogP contribution is -2.16. The van der Waals surface area contributed by atoms with Crippen molar-refractivity contribution in [2.75, 3.05) is 13.2 Å². The second-order valence-electron chi connectivity index (χ2n) is 5.17. The summed E-state index contributed by atoms with van der Waals surface area (Å²) in [4.78, 5) is 23.1. The molecule has 0 heterocycles. The van der Waals surface area contributed by atoms with Gasteiger partial charge in [-0.25, -0.2) is 9.59 Å². The van der Waals surface area contributed by atoms with Crippen molar-refractivity contribution in [3.8, 4) is 0 Å². The van der Waals surface area contributed by atoms with Gasteiger partial charge in [-0.2, -0.15) is 0 Å². The highest BCUT2D eigenvalue weighted by Crippen LogP contribution is 2.13. The average molecular weight is 343 g/mol. The van der Waals surface area contributed by atoms with E-state index in [1.54, 1.807) is 31.2 Å². The molecule has 128 valence electrons. The molecule has 1 aromatic carbocycles. The van der Waals surface area contributed by atoms with Gasteiger partial charge in [0.25, 0.3) is 0 Å². The molecule has 0 radical (unpaired) electrons. The summed E-state index contributed by atoms with van der Waals surface area (Å²) in [6.45, 7) is 4.43. The number of hydrogen-bond acceptors (Lipinski definition) is 5. The Kier molecular flexibility index (Phi) is 9.14. The van der Waals surface area contributed by atoms with Crippen molar-refractivity contribution in [2.24, 2.45) is 0 Å². The molecular weight excluding hydrogens is 320 g/mol. The summed E-state index contributed by atoms with van der Waals surface area (Å²) in [6.07, 6.45) is 2.04. The number of carbonyl (C=O) groups is 2. The van der Waals surface area contributed by atoms with Gasteiger partial charge in [-0.3, -0.25) is 0 Å². The zero-order valence-corrected chi connectivity index (χ0v) is 14.3. The molecule has 0 amide bonds. The Hall–Kier alpha value is -1.75. The number of benzene rings is 1. The van der Waals surface area contributed by atoms with Crippen molar-refractivity contribution < 1.29 is 23.8 Å². The normalized spacial score (nSPS) is 11.6. The first-order chi connectivity index (χ1) is 11.0. The number of unbranched alkanes of at least 4 members (excludes halogenated alkanes) is 1. The van der Waals surface area contributed by atoms with Gasteiger partial charge in [0.15, 0.2) is 0 Å². The molecule has 0 spiro atoms. The summed E-state index contributed by atoms with van der Waals surface area (Å²) in [6, 6.07) is 6.60. The predicted octanol–water partition coefficient (Wildman–Crippen LogP) is 4.62. The van der Waals surface area contributed by atoms with Crippen molar-refractivity contribution in [3.05, 3.63) is 34.9 Å². The van der Waals surface area contributed by atoms with E-state index < -0.39 is 12.1 Å². The van der Waals surface area contributed by atoms with E-state index in [1.165, 1.54) is 0 Å². The maximum Gasteiger partial charge on any atom is 0.508 e. The highest BCUT2D eigenvalue weighted by molar-refractivity contribution is 6.30. The molecule has 1 aromatic rings. The fourth-order valence-corrected chi connectivity index (χ4v) is 1.98. The zero-order valence-electron chi connectivity index (χ0n) is 13.5. The van der Waals surface area contributed by atoms with Gasteiger partial charge in [0, 0.05) is 5.02 Å². The molecule has 1 atom stereocenters. The fraction of sp³-hybridized carbons (Fsp3) is 0.529. The van der Waals surface area contributed by atoms with Gasteiger partial charge in [-0.1, -0.05) is 31.0 Å². The fourth-order valence-electron chi connectivity index (χ4n) is 1.79. The monoisotopic (exact) mass is 342 g/mol. The van der Waals surface area contributed by atoms with Crippen LogP contribution in [0.1, 0.15) is 49.9 Å². The zero-order chi connectivity index (χ0) is 17.1. The highest BCUT2D eigenvalue weighted by atomic mass is 35.5. The summed E-state index contributed by atoms with van der Waals surface area (Å²) in [5, 5.41) is 0.488. The number of halogens is 1. The minimum Gasteiger partial charge on any atom is -0.459 e. The third-order valence-corrected chi connectivity index (χ3v) is 3.30. The van der Waals surface area contributed by atoms with Crippen molar-refractivity contribution in [3.63, 3.8) is 0 Å².